The molecular formula is C16H21N3O2. The van der Waals surface area contributed by atoms with Crippen molar-refractivity contribution >= 4 is 5.82 Å². The lowest BCUT2D eigenvalue weighted by Gasteiger charge is -2.09. The van der Waals surface area contributed by atoms with Gasteiger partial charge in [0.25, 0.3) is 0 Å². The third-order valence-corrected chi connectivity index (χ3v) is 2.87. The van der Waals surface area contributed by atoms with Gasteiger partial charge in [0.05, 0.1) is 13.2 Å². The molecule has 0 aliphatic rings. The summed E-state index contributed by atoms with van der Waals surface area (Å²) < 4.78 is 10.6. The molecule has 2 rings (SSSR count). The van der Waals surface area contributed by atoms with Gasteiger partial charge in [0, 0.05) is 19.7 Å². The van der Waals surface area contributed by atoms with Gasteiger partial charge in [-0.25, -0.2) is 9.97 Å². The van der Waals surface area contributed by atoms with Crippen LogP contribution in [0.15, 0.2) is 36.7 Å². The molecule has 0 fully saturated rings. The molecule has 112 valence electrons. The average Bonchev–Trinajstić information content (AvgIpc) is 2.52. The SMILES string of the molecule is CCCOc1cc(NCc2cccc(COC)c2)ncn1. The summed E-state index contributed by atoms with van der Waals surface area (Å²) in [6, 6.07) is 10.1. The van der Waals surface area contributed by atoms with E-state index >= 15 is 0 Å². The van der Waals surface area contributed by atoms with Gasteiger partial charge >= 0.3 is 0 Å². The summed E-state index contributed by atoms with van der Waals surface area (Å²) in [5.41, 5.74) is 2.34. The van der Waals surface area contributed by atoms with Crippen LogP contribution in [0.5, 0.6) is 5.88 Å². The van der Waals surface area contributed by atoms with Crippen LogP contribution < -0.4 is 10.1 Å². The van der Waals surface area contributed by atoms with Crippen LogP contribution in [0.1, 0.15) is 24.5 Å². The summed E-state index contributed by atoms with van der Waals surface area (Å²) >= 11 is 0. The van der Waals surface area contributed by atoms with Crippen LogP contribution in [0.3, 0.4) is 0 Å². The number of hydrogen-bond donors (Lipinski definition) is 1. The zero-order valence-electron chi connectivity index (χ0n) is 12.5. The zero-order chi connectivity index (χ0) is 14.9. The van der Waals surface area contributed by atoms with Crippen LogP contribution in [-0.4, -0.2) is 23.7 Å². The van der Waals surface area contributed by atoms with Gasteiger partial charge in [-0.15, -0.1) is 0 Å². The van der Waals surface area contributed by atoms with Gasteiger partial charge in [-0.05, 0) is 17.5 Å². The second-order valence-corrected chi connectivity index (χ2v) is 4.70. The second-order valence-electron chi connectivity index (χ2n) is 4.70. The number of methoxy groups -OCH3 is 1. The maximum absolute atomic E-state index is 5.49. The molecule has 1 aromatic heterocycles. The fraction of sp³-hybridized carbons (Fsp3) is 0.375. The standard InChI is InChI=1S/C16H21N3O2/c1-3-7-21-16-9-15(18-12-19-16)17-10-13-5-4-6-14(8-13)11-20-2/h4-6,8-9,12H,3,7,10-11H2,1-2H3,(H,17,18,19). The predicted molar refractivity (Wildman–Crippen MR) is 82.3 cm³/mol. The molecule has 0 radical (unpaired) electrons. The molecule has 0 amide bonds. The lowest BCUT2D eigenvalue weighted by molar-refractivity contribution is 0.185. The summed E-state index contributed by atoms with van der Waals surface area (Å²) in [6.45, 7) is 4.04. The van der Waals surface area contributed by atoms with Crippen LogP contribution in [0.4, 0.5) is 5.82 Å². The molecular weight excluding hydrogens is 266 g/mol. The highest BCUT2D eigenvalue weighted by molar-refractivity contribution is 5.38. The predicted octanol–water partition coefficient (Wildman–Crippen LogP) is 3.02. The Bertz CT molecular complexity index is 561. The van der Waals surface area contributed by atoms with Crippen molar-refractivity contribution in [2.24, 2.45) is 0 Å². The van der Waals surface area contributed by atoms with Crippen LogP contribution in [0.25, 0.3) is 0 Å². The third-order valence-electron chi connectivity index (χ3n) is 2.87. The first-order chi connectivity index (χ1) is 10.3. The van der Waals surface area contributed by atoms with Crippen molar-refractivity contribution in [1.82, 2.24) is 9.97 Å². The van der Waals surface area contributed by atoms with Crippen LogP contribution in [0, 0.1) is 0 Å². The molecule has 5 heteroatoms. The highest BCUT2D eigenvalue weighted by atomic mass is 16.5. The summed E-state index contributed by atoms with van der Waals surface area (Å²) in [7, 11) is 1.70. The summed E-state index contributed by atoms with van der Waals surface area (Å²) in [4.78, 5) is 8.27. The Morgan fingerprint density at radius 3 is 2.81 bits per heavy atom. The van der Waals surface area contributed by atoms with E-state index in [2.05, 4.69) is 34.3 Å². The Balaban J connectivity index is 1.94. The maximum atomic E-state index is 5.49. The first-order valence-electron chi connectivity index (χ1n) is 7.07. The molecule has 0 saturated heterocycles. The van der Waals surface area contributed by atoms with Gasteiger partial charge in [-0.1, -0.05) is 31.2 Å². The molecule has 21 heavy (non-hydrogen) atoms. The summed E-state index contributed by atoms with van der Waals surface area (Å²) in [6.07, 6.45) is 2.47. The smallest absolute Gasteiger partial charge is 0.218 e. The van der Waals surface area contributed by atoms with Gasteiger partial charge in [0.2, 0.25) is 5.88 Å². The fourth-order valence-electron chi connectivity index (χ4n) is 1.91. The highest BCUT2D eigenvalue weighted by Gasteiger charge is 2.01. The number of nitrogens with one attached hydrogen (secondary N) is 1. The third kappa shape index (κ3) is 5.04. The molecule has 0 bridgehead atoms. The number of hydrogen-bond acceptors (Lipinski definition) is 5. The van der Waals surface area contributed by atoms with Gasteiger partial charge in [0.1, 0.15) is 12.1 Å². The molecule has 2 aromatic rings. The zero-order valence-corrected chi connectivity index (χ0v) is 12.5. The first kappa shape index (κ1) is 15.3. The van der Waals surface area contributed by atoms with Crippen molar-refractivity contribution in [3.63, 3.8) is 0 Å². The van der Waals surface area contributed by atoms with Gasteiger partial charge in [-0.2, -0.15) is 0 Å². The minimum atomic E-state index is 0.600. The lowest BCUT2D eigenvalue weighted by atomic mass is 10.1. The molecule has 1 N–H and O–H groups in total. The number of aromatic nitrogens is 2. The normalized spacial score (nSPS) is 10.4. The summed E-state index contributed by atoms with van der Waals surface area (Å²) in [5.74, 6) is 1.36. The maximum Gasteiger partial charge on any atom is 0.218 e. The molecule has 0 saturated carbocycles. The number of ether oxygens (including phenoxy) is 2. The van der Waals surface area contributed by atoms with E-state index in [0.29, 0.717) is 25.6 Å². The van der Waals surface area contributed by atoms with Crippen molar-refractivity contribution in [2.75, 3.05) is 19.0 Å². The first-order valence-corrected chi connectivity index (χ1v) is 7.07. The number of nitrogens with zero attached hydrogens (tertiary/aromatic N) is 2. The minimum absolute atomic E-state index is 0.600. The van der Waals surface area contributed by atoms with Gasteiger partial charge < -0.3 is 14.8 Å². The fourth-order valence-corrected chi connectivity index (χ4v) is 1.91. The van der Waals surface area contributed by atoms with Crippen LogP contribution in [-0.2, 0) is 17.9 Å². The monoisotopic (exact) mass is 287 g/mol. The Kier molecular flexibility index (Phi) is 5.97. The quantitative estimate of drug-likeness (QED) is 0.808. The van der Waals surface area contributed by atoms with Crippen molar-refractivity contribution in [3.05, 3.63) is 47.8 Å². The largest absolute Gasteiger partial charge is 0.478 e. The Labute approximate surface area is 125 Å². The molecule has 1 heterocycles. The Morgan fingerprint density at radius 1 is 1.14 bits per heavy atom. The number of rotatable bonds is 8. The van der Waals surface area contributed by atoms with E-state index in [1.165, 1.54) is 11.9 Å². The van der Waals surface area contributed by atoms with E-state index in [1.807, 2.05) is 18.2 Å². The van der Waals surface area contributed by atoms with Crippen molar-refractivity contribution in [3.8, 4) is 5.88 Å². The van der Waals surface area contributed by atoms with Crippen molar-refractivity contribution in [2.45, 2.75) is 26.5 Å². The molecule has 0 spiro atoms. The minimum Gasteiger partial charge on any atom is -0.478 e. The molecule has 1 aromatic carbocycles. The highest BCUT2D eigenvalue weighted by Crippen LogP contribution is 2.13. The van der Waals surface area contributed by atoms with E-state index in [0.717, 1.165) is 17.8 Å². The van der Waals surface area contributed by atoms with Gasteiger partial charge in [0.15, 0.2) is 0 Å². The van der Waals surface area contributed by atoms with Crippen LogP contribution >= 0.6 is 0 Å². The molecule has 0 aliphatic carbocycles. The Morgan fingerprint density at radius 2 is 2.00 bits per heavy atom. The van der Waals surface area contributed by atoms with Crippen LogP contribution in [0.2, 0.25) is 0 Å². The van der Waals surface area contributed by atoms with Crippen molar-refractivity contribution in [1.29, 1.82) is 0 Å². The van der Waals surface area contributed by atoms with Gasteiger partial charge in [-0.3, -0.25) is 0 Å². The molecule has 0 unspecified atom stereocenters. The molecule has 0 atom stereocenters. The number of anilines is 1. The van der Waals surface area contributed by atoms with Crippen molar-refractivity contribution < 1.29 is 9.47 Å². The van der Waals surface area contributed by atoms with E-state index in [1.54, 1.807) is 7.11 Å². The molecule has 5 nitrogen and oxygen atoms in total. The molecule has 0 aliphatic heterocycles. The van der Waals surface area contributed by atoms with E-state index in [-0.39, 0.29) is 0 Å². The Hall–Kier alpha value is -2.14. The summed E-state index contributed by atoms with van der Waals surface area (Å²) in [5, 5.41) is 3.28. The van der Waals surface area contributed by atoms with E-state index < -0.39 is 0 Å². The topological polar surface area (TPSA) is 56.3 Å². The number of benzene rings is 1. The lowest BCUT2D eigenvalue weighted by Crippen LogP contribution is -2.04. The van der Waals surface area contributed by atoms with E-state index in [9.17, 15) is 0 Å². The second kappa shape index (κ2) is 8.21. The average molecular weight is 287 g/mol. The van der Waals surface area contributed by atoms with E-state index in [4.69, 9.17) is 9.47 Å².